The second-order valence-corrected chi connectivity index (χ2v) is 6.89. The van der Waals surface area contributed by atoms with Crippen LogP contribution >= 0.6 is 0 Å². The fraction of sp³-hybridized carbons (Fsp3) is 0.286. The Morgan fingerprint density at radius 1 is 1.00 bits per heavy atom. The molecule has 1 aliphatic rings. The molecule has 2 heterocycles. The fourth-order valence-electron chi connectivity index (χ4n) is 3.48. The molecular formula is C21H22FN5. The van der Waals surface area contributed by atoms with E-state index in [0.29, 0.717) is 11.9 Å². The summed E-state index contributed by atoms with van der Waals surface area (Å²) in [6.45, 7) is 1.93. The summed E-state index contributed by atoms with van der Waals surface area (Å²) in [7, 11) is 0. The van der Waals surface area contributed by atoms with Crippen molar-refractivity contribution in [1.82, 2.24) is 15.2 Å². The van der Waals surface area contributed by atoms with Gasteiger partial charge in [-0.1, -0.05) is 30.3 Å². The van der Waals surface area contributed by atoms with Crippen molar-refractivity contribution in [3.8, 4) is 0 Å². The monoisotopic (exact) mass is 363 g/mol. The van der Waals surface area contributed by atoms with Crippen LogP contribution in [0.15, 0.2) is 60.8 Å². The Morgan fingerprint density at radius 3 is 2.48 bits per heavy atom. The summed E-state index contributed by atoms with van der Waals surface area (Å²) in [6.07, 6.45) is 5.11. The van der Waals surface area contributed by atoms with Gasteiger partial charge < -0.3 is 10.2 Å². The Labute approximate surface area is 158 Å². The van der Waals surface area contributed by atoms with E-state index in [1.807, 2.05) is 0 Å². The fourth-order valence-corrected chi connectivity index (χ4v) is 3.48. The number of anilines is 3. The highest BCUT2D eigenvalue weighted by Gasteiger charge is 2.21. The van der Waals surface area contributed by atoms with E-state index >= 15 is 0 Å². The molecule has 1 aromatic heterocycles. The van der Waals surface area contributed by atoms with Crippen LogP contribution in [0.4, 0.5) is 21.8 Å². The van der Waals surface area contributed by atoms with E-state index in [0.717, 1.165) is 43.9 Å². The largest absolute Gasteiger partial charge is 0.355 e. The average molecular weight is 363 g/mol. The zero-order valence-electron chi connectivity index (χ0n) is 15.1. The van der Waals surface area contributed by atoms with Crippen LogP contribution in [-0.2, 0) is 6.42 Å². The molecule has 27 heavy (non-hydrogen) atoms. The number of rotatable bonds is 5. The Morgan fingerprint density at radius 2 is 1.74 bits per heavy atom. The van der Waals surface area contributed by atoms with Gasteiger partial charge in [0.15, 0.2) is 5.82 Å². The van der Waals surface area contributed by atoms with E-state index in [1.54, 1.807) is 18.3 Å². The van der Waals surface area contributed by atoms with Gasteiger partial charge in [-0.05, 0) is 55.0 Å². The van der Waals surface area contributed by atoms with E-state index in [4.69, 9.17) is 0 Å². The molecular weight excluding hydrogens is 341 g/mol. The summed E-state index contributed by atoms with van der Waals surface area (Å²) >= 11 is 0. The summed E-state index contributed by atoms with van der Waals surface area (Å²) in [5.41, 5.74) is 2.14. The smallest absolute Gasteiger partial charge is 0.249 e. The minimum absolute atomic E-state index is 0.272. The van der Waals surface area contributed by atoms with Gasteiger partial charge >= 0.3 is 0 Å². The lowest BCUT2D eigenvalue weighted by atomic mass is 9.90. The third kappa shape index (κ3) is 4.58. The standard InChI is InChI=1S/C21H22FN5/c22-18-6-8-19(9-7-18)24-21-25-20(15-23-26-21)27-12-10-17(11-13-27)14-16-4-2-1-3-5-16/h1-9,15,17H,10-14H2,(H,24,25,26). The first kappa shape index (κ1) is 17.4. The molecule has 2 aromatic carbocycles. The summed E-state index contributed by atoms with van der Waals surface area (Å²) in [4.78, 5) is 6.83. The highest BCUT2D eigenvalue weighted by atomic mass is 19.1. The topological polar surface area (TPSA) is 53.9 Å². The third-order valence-corrected chi connectivity index (χ3v) is 4.95. The first-order valence-corrected chi connectivity index (χ1v) is 9.27. The molecule has 0 radical (unpaired) electrons. The third-order valence-electron chi connectivity index (χ3n) is 4.95. The molecule has 1 saturated heterocycles. The van der Waals surface area contributed by atoms with Gasteiger partial charge in [0, 0.05) is 18.8 Å². The first-order valence-electron chi connectivity index (χ1n) is 9.27. The lowest BCUT2D eigenvalue weighted by Crippen LogP contribution is -2.35. The molecule has 5 nitrogen and oxygen atoms in total. The number of hydrogen-bond donors (Lipinski definition) is 1. The SMILES string of the molecule is Fc1ccc(Nc2nncc(N3CCC(Cc4ccccc4)CC3)n2)cc1. The Hall–Kier alpha value is -3.02. The van der Waals surface area contributed by atoms with Crippen LogP contribution in [0.3, 0.4) is 0 Å². The van der Waals surface area contributed by atoms with E-state index in [2.05, 4.69) is 55.7 Å². The van der Waals surface area contributed by atoms with Crippen LogP contribution in [0, 0.1) is 11.7 Å². The Bertz CT molecular complexity index is 861. The molecule has 138 valence electrons. The second kappa shape index (κ2) is 8.12. The number of nitrogens with zero attached hydrogens (tertiary/aromatic N) is 4. The van der Waals surface area contributed by atoms with Crippen LogP contribution < -0.4 is 10.2 Å². The van der Waals surface area contributed by atoms with Crippen LogP contribution in [-0.4, -0.2) is 28.3 Å². The summed E-state index contributed by atoms with van der Waals surface area (Å²) < 4.78 is 13.0. The Balaban J connectivity index is 1.36. The molecule has 0 atom stereocenters. The van der Waals surface area contributed by atoms with Gasteiger partial charge in [0.05, 0.1) is 6.20 Å². The molecule has 0 bridgehead atoms. The van der Waals surface area contributed by atoms with Gasteiger partial charge in [-0.3, -0.25) is 0 Å². The molecule has 0 aliphatic carbocycles. The first-order chi connectivity index (χ1) is 13.3. The number of hydrogen-bond acceptors (Lipinski definition) is 5. The lowest BCUT2D eigenvalue weighted by molar-refractivity contribution is 0.402. The average Bonchev–Trinajstić information content (AvgIpc) is 2.71. The number of halogens is 1. The van der Waals surface area contributed by atoms with Crippen molar-refractivity contribution in [2.75, 3.05) is 23.3 Å². The zero-order valence-corrected chi connectivity index (χ0v) is 15.1. The minimum Gasteiger partial charge on any atom is -0.355 e. The quantitative estimate of drug-likeness (QED) is 0.736. The molecule has 1 aliphatic heterocycles. The van der Waals surface area contributed by atoms with Crippen LogP contribution in [0.5, 0.6) is 0 Å². The number of nitrogens with one attached hydrogen (secondary N) is 1. The van der Waals surface area contributed by atoms with Crippen molar-refractivity contribution in [2.24, 2.45) is 5.92 Å². The van der Waals surface area contributed by atoms with Crippen molar-refractivity contribution in [1.29, 1.82) is 0 Å². The predicted molar refractivity (Wildman–Crippen MR) is 105 cm³/mol. The Kier molecular flexibility index (Phi) is 5.23. The molecule has 0 unspecified atom stereocenters. The molecule has 4 rings (SSSR count). The molecule has 0 spiro atoms. The maximum atomic E-state index is 13.0. The molecule has 6 heteroatoms. The molecule has 0 saturated carbocycles. The van der Waals surface area contributed by atoms with E-state index in [1.165, 1.54) is 17.7 Å². The van der Waals surface area contributed by atoms with Gasteiger partial charge in [0.1, 0.15) is 5.82 Å². The van der Waals surface area contributed by atoms with Gasteiger partial charge in [0.25, 0.3) is 0 Å². The normalized spacial score (nSPS) is 14.9. The summed E-state index contributed by atoms with van der Waals surface area (Å²) in [5, 5.41) is 11.2. The molecule has 0 amide bonds. The molecule has 1 fully saturated rings. The van der Waals surface area contributed by atoms with E-state index in [9.17, 15) is 4.39 Å². The summed E-state index contributed by atoms with van der Waals surface area (Å²) in [6, 6.07) is 16.8. The van der Waals surface area contributed by atoms with E-state index in [-0.39, 0.29) is 5.82 Å². The van der Waals surface area contributed by atoms with Crippen molar-refractivity contribution in [3.05, 3.63) is 72.2 Å². The van der Waals surface area contributed by atoms with Crippen molar-refractivity contribution in [2.45, 2.75) is 19.3 Å². The highest BCUT2D eigenvalue weighted by Crippen LogP contribution is 2.25. The highest BCUT2D eigenvalue weighted by molar-refractivity contribution is 5.54. The molecule has 3 aromatic rings. The summed E-state index contributed by atoms with van der Waals surface area (Å²) in [5.74, 6) is 1.68. The lowest BCUT2D eigenvalue weighted by Gasteiger charge is -2.32. The van der Waals surface area contributed by atoms with Crippen molar-refractivity contribution in [3.63, 3.8) is 0 Å². The van der Waals surface area contributed by atoms with Gasteiger partial charge in [-0.15, -0.1) is 5.10 Å². The van der Waals surface area contributed by atoms with Crippen LogP contribution in [0.25, 0.3) is 0 Å². The number of aromatic nitrogens is 3. The van der Waals surface area contributed by atoms with Crippen LogP contribution in [0.2, 0.25) is 0 Å². The maximum absolute atomic E-state index is 13.0. The van der Waals surface area contributed by atoms with Crippen molar-refractivity contribution < 1.29 is 4.39 Å². The predicted octanol–water partition coefficient (Wildman–Crippen LogP) is 4.21. The number of piperidine rings is 1. The van der Waals surface area contributed by atoms with Gasteiger partial charge in [0.2, 0.25) is 5.95 Å². The molecule has 1 N–H and O–H groups in total. The van der Waals surface area contributed by atoms with Crippen molar-refractivity contribution >= 4 is 17.5 Å². The number of benzene rings is 2. The minimum atomic E-state index is -0.272. The van der Waals surface area contributed by atoms with Gasteiger partial charge in [-0.2, -0.15) is 10.1 Å². The van der Waals surface area contributed by atoms with Crippen LogP contribution in [0.1, 0.15) is 18.4 Å². The maximum Gasteiger partial charge on any atom is 0.249 e. The van der Waals surface area contributed by atoms with Gasteiger partial charge in [-0.25, -0.2) is 4.39 Å². The second-order valence-electron chi connectivity index (χ2n) is 6.89. The van der Waals surface area contributed by atoms with E-state index < -0.39 is 0 Å². The zero-order chi connectivity index (χ0) is 18.5.